The van der Waals surface area contributed by atoms with Crippen molar-refractivity contribution in [2.45, 2.75) is 18.2 Å². The molecular weight excluding hydrogens is 352 g/mol. The Bertz CT molecular complexity index is 821. The molecule has 0 radical (unpaired) electrons. The molecule has 0 fully saturated rings. The summed E-state index contributed by atoms with van der Waals surface area (Å²) in [5.74, 6) is 0.892. The van der Waals surface area contributed by atoms with Gasteiger partial charge in [0.05, 0.1) is 23.9 Å². The van der Waals surface area contributed by atoms with Crippen molar-refractivity contribution in [1.82, 2.24) is 9.88 Å². The Morgan fingerprint density at radius 1 is 1.19 bits per heavy atom. The standard InChI is InChI=1S/C18H26N4O3S/c1-14-12-16(25-4)7-8-17(14)26(23,24)21-18-9-6-15(13-20-18)19-10-5-11-22(2)3/h6-9,12-13,19H,5,10-11H2,1-4H3,(H,20,21). The Hall–Kier alpha value is -2.32. The molecule has 0 unspecified atom stereocenters. The van der Waals surface area contributed by atoms with Crippen molar-refractivity contribution in [3.05, 3.63) is 42.1 Å². The van der Waals surface area contributed by atoms with Crippen LogP contribution in [0.4, 0.5) is 11.5 Å². The maximum Gasteiger partial charge on any atom is 0.263 e. The monoisotopic (exact) mass is 378 g/mol. The summed E-state index contributed by atoms with van der Waals surface area (Å²) in [7, 11) is 1.91. The van der Waals surface area contributed by atoms with Crippen LogP contribution >= 0.6 is 0 Å². The molecule has 1 heterocycles. The lowest BCUT2D eigenvalue weighted by Gasteiger charge is -2.12. The number of benzene rings is 1. The number of nitrogens with one attached hydrogen (secondary N) is 2. The molecule has 0 aliphatic rings. The topological polar surface area (TPSA) is 83.6 Å². The molecule has 2 aromatic rings. The van der Waals surface area contributed by atoms with Crippen molar-refractivity contribution in [2.75, 3.05) is 44.3 Å². The van der Waals surface area contributed by atoms with Crippen LogP contribution < -0.4 is 14.8 Å². The molecule has 26 heavy (non-hydrogen) atoms. The highest BCUT2D eigenvalue weighted by Crippen LogP contribution is 2.23. The fourth-order valence-corrected chi connectivity index (χ4v) is 3.67. The Labute approximate surface area is 155 Å². The van der Waals surface area contributed by atoms with E-state index in [0.29, 0.717) is 11.3 Å². The van der Waals surface area contributed by atoms with Crippen LogP contribution in [0.15, 0.2) is 41.4 Å². The van der Waals surface area contributed by atoms with Gasteiger partial charge in [-0.25, -0.2) is 13.4 Å². The number of sulfonamides is 1. The van der Waals surface area contributed by atoms with Gasteiger partial charge >= 0.3 is 0 Å². The van der Waals surface area contributed by atoms with Crippen molar-refractivity contribution >= 4 is 21.5 Å². The molecule has 0 saturated carbocycles. The number of pyridine rings is 1. The molecule has 142 valence electrons. The van der Waals surface area contributed by atoms with E-state index in [-0.39, 0.29) is 10.7 Å². The van der Waals surface area contributed by atoms with Gasteiger partial charge in [-0.2, -0.15) is 0 Å². The first-order valence-corrected chi connectivity index (χ1v) is 9.82. The quantitative estimate of drug-likeness (QED) is 0.653. The minimum Gasteiger partial charge on any atom is -0.497 e. The molecule has 1 aromatic carbocycles. The highest BCUT2D eigenvalue weighted by Gasteiger charge is 2.18. The van der Waals surface area contributed by atoms with Crippen molar-refractivity contribution in [3.8, 4) is 5.75 Å². The summed E-state index contributed by atoms with van der Waals surface area (Å²) in [6.45, 7) is 3.56. The minimum absolute atomic E-state index is 0.200. The number of anilines is 2. The normalized spacial score (nSPS) is 11.4. The summed E-state index contributed by atoms with van der Waals surface area (Å²) in [6, 6.07) is 8.28. The zero-order chi connectivity index (χ0) is 19.2. The average molecular weight is 378 g/mol. The predicted octanol–water partition coefficient (Wildman–Crippen LogP) is 2.56. The van der Waals surface area contributed by atoms with Crippen molar-refractivity contribution < 1.29 is 13.2 Å². The number of nitrogens with zero attached hydrogens (tertiary/aromatic N) is 2. The van der Waals surface area contributed by atoms with Gasteiger partial charge in [-0.3, -0.25) is 4.72 Å². The van der Waals surface area contributed by atoms with Gasteiger partial charge in [-0.1, -0.05) is 0 Å². The van der Waals surface area contributed by atoms with Gasteiger partial charge in [0.1, 0.15) is 11.6 Å². The molecule has 0 amide bonds. The summed E-state index contributed by atoms with van der Waals surface area (Å²) in [5, 5.41) is 3.26. The van der Waals surface area contributed by atoms with Gasteiger partial charge in [-0.15, -0.1) is 0 Å². The molecule has 0 spiro atoms. The molecule has 0 bridgehead atoms. The number of methoxy groups -OCH3 is 1. The number of hydrogen-bond donors (Lipinski definition) is 2. The van der Waals surface area contributed by atoms with Crippen molar-refractivity contribution in [1.29, 1.82) is 0 Å². The highest BCUT2D eigenvalue weighted by atomic mass is 32.2. The van der Waals surface area contributed by atoms with E-state index >= 15 is 0 Å². The lowest BCUT2D eigenvalue weighted by atomic mass is 10.2. The SMILES string of the molecule is COc1ccc(S(=O)(=O)Nc2ccc(NCCCN(C)C)cn2)c(C)c1. The van der Waals surface area contributed by atoms with Crippen LogP contribution in [0.3, 0.4) is 0 Å². The number of hydrogen-bond acceptors (Lipinski definition) is 6. The lowest BCUT2D eigenvalue weighted by molar-refractivity contribution is 0.405. The van der Waals surface area contributed by atoms with Crippen LogP contribution in [0.1, 0.15) is 12.0 Å². The van der Waals surface area contributed by atoms with E-state index in [1.54, 1.807) is 44.5 Å². The molecule has 8 heteroatoms. The fraction of sp³-hybridized carbons (Fsp3) is 0.389. The van der Waals surface area contributed by atoms with Crippen LogP contribution in [0, 0.1) is 6.92 Å². The Morgan fingerprint density at radius 2 is 1.96 bits per heavy atom. The number of rotatable bonds is 9. The molecular formula is C18H26N4O3S. The van der Waals surface area contributed by atoms with E-state index in [4.69, 9.17) is 4.74 Å². The van der Waals surface area contributed by atoms with Crippen LogP contribution in [0.25, 0.3) is 0 Å². The summed E-state index contributed by atoms with van der Waals surface area (Å²) < 4.78 is 32.8. The van der Waals surface area contributed by atoms with Crippen LogP contribution in [0.2, 0.25) is 0 Å². The van der Waals surface area contributed by atoms with Crippen LogP contribution in [-0.4, -0.2) is 52.6 Å². The number of aromatic nitrogens is 1. The molecule has 0 saturated heterocycles. The smallest absolute Gasteiger partial charge is 0.263 e. The number of ether oxygens (including phenoxy) is 1. The second-order valence-electron chi connectivity index (χ2n) is 6.25. The lowest BCUT2D eigenvalue weighted by Crippen LogP contribution is -2.16. The van der Waals surface area contributed by atoms with Gasteiger partial charge < -0.3 is 15.0 Å². The van der Waals surface area contributed by atoms with E-state index in [2.05, 4.69) is 19.9 Å². The third kappa shape index (κ3) is 5.60. The van der Waals surface area contributed by atoms with Gasteiger partial charge in [0.2, 0.25) is 0 Å². The molecule has 2 N–H and O–H groups in total. The van der Waals surface area contributed by atoms with E-state index in [9.17, 15) is 8.42 Å². The third-order valence-electron chi connectivity index (χ3n) is 3.79. The molecule has 2 rings (SSSR count). The van der Waals surface area contributed by atoms with Gasteiger partial charge in [0.15, 0.2) is 0 Å². The zero-order valence-corrected chi connectivity index (χ0v) is 16.4. The van der Waals surface area contributed by atoms with E-state index < -0.39 is 10.0 Å². The minimum atomic E-state index is -3.71. The average Bonchev–Trinajstić information content (AvgIpc) is 2.59. The molecule has 1 aromatic heterocycles. The summed E-state index contributed by atoms with van der Waals surface area (Å²) in [4.78, 5) is 6.50. The van der Waals surface area contributed by atoms with Crippen molar-refractivity contribution in [3.63, 3.8) is 0 Å². The third-order valence-corrected chi connectivity index (χ3v) is 5.30. The first kappa shape index (κ1) is 20.0. The fourth-order valence-electron chi connectivity index (χ4n) is 2.43. The summed E-state index contributed by atoms with van der Waals surface area (Å²) >= 11 is 0. The zero-order valence-electron chi connectivity index (χ0n) is 15.6. The maximum atomic E-state index is 12.6. The second-order valence-corrected chi connectivity index (χ2v) is 7.90. The first-order valence-electron chi connectivity index (χ1n) is 8.34. The van der Waals surface area contributed by atoms with Crippen LogP contribution in [-0.2, 0) is 10.0 Å². The molecule has 0 aliphatic carbocycles. The molecule has 0 atom stereocenters. The van der Waals surface area contributed by atoms with Crippen LogP contribution in [0.5, 0.6) is 5.75 Å². The van der Waals surface area contributed by atoms with E-state index in [0.717, 1.165) is 25.2 Å². The number of aryl methyl sites for hydroxylation is 1. The molecule has 7 nitrogen and oxygen atoms in total. The summed E-state index contributed by atoms with van der Waals surface area (Å²) in [6.07, 6.45) is 2.63. The molecule has 0 aliphatic heterocycles. The second kappa shape index (κ2) is 8.86. The van der Waals surface area contributed by atoms with Crippen molar-refractivity contribution in [2.24, 2.45) is 0 Å². The highest BCUT2D eigenvalue weighted by molar-refractivity contribution is 7.92. The summed E-state index contributed by atoms with van der Waals surface area (Å²) in [5.41, 5.74) is 1.46. The van der Waals surface area contributed by atoms with Gasteiger partial charge in [0, 0.05) is 6.54 Å². The maximum absolute atomic E-state index is 12.6. The van der Waals surface area contributed by atoms with E-state index in [1.165, 1.54) is 6.07 Å². The Balaban J connectivity index is 2.01. The largest absolute Gasteiger partial charge is 0.497 e. The van der Waals surface area contributed by atoms with Gasteiger partial charge in [-0.05, 0) is 69.9 Å². The van der Waals surface area contributed by atoms with E-state index in [1.807, 2.05) is 14.1 Å². The Kier molecular flexibility index (Phi) is 6.82. The Morgan fingerprint density at radius 3 is 2.54 bits per heavy atom. The van der Waals surface area contributed by atoms with Gasteiger partial charge in [0.25, 0.3) is 10.0 Å². The predicted molar refractivity (Wildman–Crippen MR) is 104 cm³/mol. The first-order chi connectivity index (χ1) is 12.3.